The summed E-state index contributed by atoms with van der Waals surface area (Å²) in [6.07, 6.45) is 0. The Balaban J connectivity index is 3.33. The first-order chi connectivity index (χ1) is 7.13. The first-order valence-corrected chi connectivity index (χ1v) is 4.85. The van der Waals surface area contributed by atoms with Crippen LogP contribution in [0.1, 0.15) is 21.5 Å². The number of halogens is 1. The standard InChI is InChI=1S/C11H10ClNO2/c1-7-3-8(10(14)5-12)4-11(15-2)9(7)6-13/h3-4H,5H2,1-2H3. The number of ether oxygens (including phenoxy) is 1. The first-order valence-electron chi connectivity index (χ1n) is 4.32. The van der Waals surface area contributed by atoms with Gasteiger partial charge in [0, 0.05) is 5.56 Å². The van der Waals surface area contributed by atoms with E-state index in [0.717, 1.165) is 0 Å². The van der Waals surface area contributed by atoms with Crippen molar-refractivity contribution in [1.29, 1.82) is 5.26 Å². The SMILES string of the molecule is COc1cc(C(=O)CCl)cc(C)c1C#N. The molecule has 0 radical (unpaired) electrons. The molecule has 0 saturated carbocycles. The number of carbonyl (C=O) groups is 1. The average Bonchev–Trinajstić information content (AvgIpc) is 2.26. The van der Waals surface area contributed by atoms with Gasteiger partial charge in [-0.3, -0.25) is 4.79 Å². The molecular formula is C11H10ClNO2. The number of nitriles is 1. The zero-order valence-corrected chi connectivity index (χ0v) is 9.26. The van der Waals surface area contributed by atoms with Gasteiger partial charge in [0.2, 0.25) is 0 Å². The monoisotopic (exact) mass is 223 g/mol. The molecule has 0 aliphatic carbocycles. The lowest BCUT2D eigenvalue weighted by molar-refractivity contribution is 0.102. The summed E-state index contributed by atoms with van der Waals surface area (Å²) >= 11 is 5.45. The lowest BCUT2D eigenvalue weighted by Crippen LogP contribution is -2.03. The van der Waals surface area contributed by atoms with E-state index < -0.39 is 0 Å². The second kappa shape index (κ2) is 4.81. The fourth-order valence-electron chi connectivity index (χ4n) is 1.30. The Labute approximate surface area is 93.2 Å². The number of carbonyl (C=O) groups excluding carboxylic acids is 1. The Bertz CT molecular complexity index is 435. The molecule has 1 rings (SSSR count). The third kappa shape index (κ3) is 2.28. The number of rotatable bonds is 3. The zero-order chi connectivity index (χ0) is 11.4. The Morgan fingerprint density at radius 3 is 2.73 bits per heavy atom. The number of alkyl halides is 1. The maximum Gasteiger partial charge on any atom is 0.177 e. The summed E-state index contributed by atoms with van der Waals surface area (Å²) in [5.74, 6) is 0.155. The summed E-state index contributed by atoms with van der Waals surface area (Å²) in [5.41, 5.74) is 1.63. The minimum Gasteiger partial charge on any atom is -0.495 e. The predicted octanol–water partition coefficient (Wildman–Crippen LogP) is 2.30. The molecule has 0 amide bonds. The smallest absolute Gasteiger partial charge is 0.177 e. The van der Waals surface area contributed by atoms with Crippen LogP contribution >= 0.6 is 11.6 Å². The molecule has 78 valence electrons. The van der Waals surface area contributed by atoms with Crippen molar-refractivity contribution >= 4 is 17.4 Å². The van der Waals surface area contributed by atoms with Gasteiger partial charge in [-0.05, 0) is 24.6 Å². The molecule has 0 aromatic heterocycles. The zero-order valence-electron chi connectivity index (χ0n) is 8.50. The van der Waals surface area contributed by atoms with Crippen LogP contribution in [0.15, 0.2) is 12.1 Å². The summed E-state index contributed by atoms with van der Waals surface area (Å²) in [4.78, 5) is 11.4. The summed E-state index contributed by atoms with van der Waals surface area (Å²) in [5, 5.41) is 8.88. The topological polar surface area (TPSA) is 50.1 Å². The van der Waals surface area contributed by atoms with Crippen molar-refractivity contribution in [3.63, 3.8) is 0 Å². The second-order valence-electron chi connectivity index (χ2n) is 3.04. The van der Waals surface area contributed by atoms with Gasteiger partial charge in [0.1, 0.15) is 11.8 Å². The van der Waals surface area contributed by atoms with Gasteiger partial charge in [0.15, 0.2) is 5.78 Å². The van der Waals surface area contributed by atoms with E-state index in [1.165, 1.54) is 13.2 Å². The van der Waals surface area contributed by atoms with Crippen molar-refractivity contribution < 1.29 is 9.53 Å². The Morgan fingerprint density at radius 1 is 1.60 bits per heavy atom. The van der Waals surface area contributed by atoms with Gasteiger partial charge in [-0.1, -0.05) is 0 Å². The number of nitrogens with zero attached hydrogens (tertiary/aromatic N) is 1. The fourth-order valence-corrected chi connectivity index (χ4v) is 1.45. The maximum absolute atomic E-state index is 11.4. The van der Waals surface area contributed by atoms with Gasteiger partial charge in [-0.15, -0.1) is 11.6 Å². The normalized spacial score (nSPS) is 9.47. The van der Waals surface area contributed by atoms with Crippen LogP contribution in [0.4, 0.5) is 0 Å². The van der Waals surface area contributed by atoms with Crippen LogP contribution in [-0.2, 0) is 0 Å². The number of ketones is 1. The number of hydrogen-bond donors (Lipinski definition) is 0. The van der Waals surface area contributed by atoms with E-state index in [4.69, 9.17) is 21.6 Å². The largest absolute Gasteiger partial charge is 0.495 e. The molecule has 0 N–H and O–H groups in total. The van der Waals surface area contributed by atoms with E-state index in [1.807, 2.05) is 6.07 Å². The minimum atomic E-state index is -0.178. The van der Waals surface area contributed by atoms with Crippen molar-refractivity contribution in [2.24, 2.45) is 0 Å². The lowest BCUT2D eigenvalue weighted by atomic mass is 10.0. The van der Waals surface area contributed by atoms with Crippen LogP contribution in [-0.4, -0.2) is 18.8 Å². The summed E-state index contributed by atoms with van der Waals surface area (Å²) in [7, 11) is 1.46. The molecule has 0 unspecified atom stereocenters. The third-order valence-electron chi connectivity index (χ3n) is 2.07. The van der Waals surface area contributed by atoms with Crippen molar-refractivity contribution in [2.75, 3.05) is 13.0 Å². The predicted molar refractivity (Wildman–Crippen MR) is 57.5 cm³/mol. The molecule has 0 bridgehead atoms. The van der Waals surface area contributed by atoms with E-state index >= 15 is 0 Å². The Hall–Kier alpha value is -1.53. The summed E-state index contributed by atoms with van der Waals surface area (Å²) in [6.45, 7) is 1.76. The quantitative estimate of drug-likeness (QED) is 0.584. The molecule has 0 aliphatic rings. The molecule has 0 atom stereocenters. The van der Waals surface area contributed by atoms with Gasteiger partial charge >= 0.3 is 0 Å². The third-order valence-corrected chi connectivity index (χ3v) is 2.32. The van der Waals surface area contributed by atoms with Crippen molar-refractivity contribution in [3.05, 3.63) is 28.8 Å². The van der Waals surface area contributed by atoms with Crippen LogP contribution in [0.2, 0.25) is 0 Å². The lowest BCUT2D eigenvalue weighted by Gasteiger charge is -2.07. The molecule has 0 heterocycles. The Kier molecular flexibility index (Phi) is 3.70. The van der Waals surface area contributed by atoms with Crippen molar-refractivity contribution in [1.82, 2.24) is 0 Å². The van der Waals surface area contributed by atoms with Crippen molar-refractivity contribution in [2.45, 2.75) is 6.92 Å². The number of benzene rings is 1. The molecule has 0 fully saturated rings. The molecule has 4 heteroatoms. The van der Waals surface area contributed by atoms with E-state index in [1.54, 1.807) is 13.0 Å². The molecule has 15 heavy (non-hydrogen) atoms. The molecule has 0 saturated heterocycles. The highest BCUT2D eigenvalue weighted by Gasteiger charge is 2.12. The highest BCUT2D eigenvalue weighted by Crippen LogP contribution is 2.23. The highest BCUT2D eigenvalue weighted by atomic mass is 35.5. The van der Waals surface area contributed by atoms with E-state index in [2.05, 4.69) is 0 Å². The molecule has 3 nitrogen and oxygen atoms in total. The van der Waals surface area contributed by atoms with Crippen LogP contribution in [0.3, 0.4) is 0 Å². The molecule has 0 spiro atoms. The number of hydrogen-bond acceptors (Lipinski definition) is 3. The second-order valence-corrected chi connectivity index (χ2v) is 3.31. The van der Waals surface area contributed by atoms with Gasteiger partial charge in [0.05, 0.1) is 18.6 Å². The highest BCUT2D eigenvalue weighted by molar-refractivity contribution is 6.30. The number of aryl methyl sites for hydroxylation is 1. The van der Waals surface area contributed by atoms with Crippen molar-refractivity contribution in [3.8, 4) is 11.8 Å². The van der Waals surface area contributed by atoms with Crippen LogP contribution < -0.4 is 4.74 Å². The van der Waals surface area contributed by atoms with Crippen LogP contribution in [0.5, 0.6) is 5.75 Å². The minimum absolute atomic E-state index is 0.0749. The van der Waals surface area contributed by atoms with Gasteiger partial charge in [-0.25, -0.2) is 0 Å². The average molecular weight is 224 g/mol. The van der Waals surface area contributed by atoms with Crippen LogP contribution in [0, 0.1) is 18.3 Å². The van der Waals surface area contributed by atoms with Gasteiger partial charge in [0.25, 0.3) is 0 Å². The molecule has 0 aliphatic heterocycles. The summed E-state index contributed by atoms with van der Waals surface area (Å²) in [6, 6.07) is 5.21. The van der Waals surface area contributed by atoms with Gasteiger partial charge < -0.3 is 4.74 Å². The molecule has 1 aromatic carbocycles. The fraction of sp³-hybridized carbons (Fsp3) is 0.273. The van der Waals surface area contributed by atoms with E-state index in [-0.39, 0.29) is 11.7 Å². The molecule has 1 aromatic rings. The first kappa shape index (κ1) is 11.5. The molecular weight excluding hydrogens is 214 g/mol. The van der Waals surface area contributed by atoms with Crippen LogP contribution in [0.25, 0.3) is 0 Å². The van der Waals surface area contributed by atoms with E-state index in [0.29, 0.717) is 22.4 Å². The maximum atomic E-state index is 11.4. The number of methoxy groups -OCH3 is 1. The number of Topliss-reactive ketones (excluding diaryl/α,β-unsaturated/α-hetero) is 1. The Morgan fingerprint density at radius 2 is 2.27 bits per heavy atom. The summed E-state index contributed by atoms with van der Waals surface area (Å²) < 4.78 is 5.03. The van der Waals surface area contributed by atoms with E-state index in [9.17, 15) is 4.79 Å². The van der Waals surface area contributed by atoms with Gasteiger partial charge in [-0.2, -0.15) is 5.26 Å².